The molecule has 14 nitrogen and oxygen atoms in total. The molecule has 5 N–H and O–H groups in total. The van der Waals surface area contributed by atoms with E-state index in [0.717, 1.165) is 62.0 Å². The molecule has 2 aliphatic rings. The molecule has 2 saturated heterocycles. The van der Waals surface area contributed by atoms with Gasteiger partial charge in [-0.15, -0.1) is 11.3 Å². The minimum atomic E-state index is -1.82. The van der Waals surface area contributed by atoms with Crippen LogP contribution in [0, 0.1) is 0 Å². The lowest BCUT2D eigenvalue weighted by Crippen LogP contribution is -2.25. The van der Waals surface area contributed by atoms with Gasteiger partial charge in [0.2, 0.25) is 5.91 Å². The number of carbonyl (C=O) groups is 5. The van der Waals surface area contributed by atoms with Crippen molar-refractivity contribution in [2.24, 2.45) is 0 Å². The Balaban J connectivity index is 0.000000470. The summed E-state index contributed by atoms with van der Waals surface area (Å²) in [5.41, 5.74) is 4.37. The van der Waals surface area contributed by atoms with Crippen molar-refractivity contribution in [1.82, 2.24) is 9.80 Å². The summed E-state index contributed by atoms with van der Waals surface area (Å²) in [5.74, 6) is -5.75. The molecule has 3 heterocycles. The van der Waals surface area contributed by atoms with Crippen molar-refractivity contribution < 1.29 is 53.9 Å². The van der Waals surface area contributed by atoms with Crippen molar-refractivity contribution in [3.8, 4) is 21.9 Å². The van der Waals surface area contributed by atoms with Crippen LogP contribution in [-0.2, 0) is 30.4 Å². The molecule has 54 heavy (non-hydrogen) atoms. The highest BCUT2D eigenvalue weighted by Gasteiger charge is 2.17. The zero-order chi connectivity index (χ0) is 39.0. The molecule has 6 rings (SSSR count). The van der Waals surface area contributed by atoms with Gasteiger partial charge in [0.1, 0.15) is 24.7 Å². The molecule has 0 spiro atoms. The maximum atomic E-state index is 12.1. The van der Waals surface area contributed by atoms with Gasteiger partial charge in [-0.2, -0.15) is 0 Å². The molecule has 0 radical (unpaired) electrons. The van der Waals surface area contributed by atoms with Gasteiger partial charge in [0.15, 0.2) is 0 Å². The van der Waals surface area contributed by atoms with Crippen LogP contribution in [0.4, 0.5) is 5.69 Å². The molecule has 0 atom stereocenters. The van der Waals surface area contributed by atoms with Gasteiger partial charge in [-0.05, 0) is 123 Å². The number of carbonyl (C=O) groups excluding carboxylic acids is 1. The van der Waals surface area contributed by atoms with Crippen LogP contribution in [-0.4, -0.2) is 112 Å². The van der Waals surface area contributed by atoms with E-state index < -0.39 is 23.9 Å². The smallest absolute Gasteiger partial charge is 0.414 e. The quantitative estimate of drug-likeness (QED) is 0.115. The van der Waals surface area contributed by atoms with E-state index in [4.69, 9.17) is 49.1 Å². The molecule has 2 aliphatic heterocycles. The number of anilines is 1. The van der Waals surface area contributed by atoms with Gasteiger partial charge in [0, 0.05) is 29.6 Å². The predicted molar refractivity (Wildman–Crippen MR) is 204 cm³/mol. The molecule has 3 aromatic carbocycles. The van der Waals surface area contributed by atoms with Crippen molar-refractivity contribution in [2.45, 2.75) is 39.0 Å². The highest BCUT2D eigenvalue weighted by molar-refractivity contribution is 7.22. The summed E-state index contributed by atoms with van der Waals surface area (Å²) in [6, 6.07) is 23.4. The lowest BCUT2D eigenvalue weighted by molar-refractivity contribution is -0.159. The number of carboxylic acids is 4. The van der Waals surface area contributed by atoms with E-state index in [0.29, 0.717) is 6.61 Å². The highest BCUT2D eigenvalue weighted by Crippen LogP contribution is 2.41. The fourth-order valence-electron chi connectivity index (χ4n) is 6.10. The minimum absolute atomic E-state index is 0.0963. The van der Waals surface area contributed by atoms with Crippen molar-refractivity contribution >= 4 is 56.9 Å². The molecule has 1 aromatic heterocycles. The first-order valence-electron chi connectivity index (χ1n) is 17.6. The summed E-state index contributed by atoms with van der Waals surface area (Å²) in [6.45, 7) is 9.46. The molecular weight excluding hydrogens is 719 g/mol. The number of nitrogens with one attached hydrogen (secondary N) is 1. The van der Waals surface area contributed by atoms with E-state index in [-0.39, 0.29) is 5.91 Å². The third kappa shape index (κ3) is 12.9. The second kappa shape index (κ2) is 20.7. The number of aliphatic carboxylic acids is 4. The number of rotatable bonds is 12. The Kier molecular flexibility index (Phi) is 15.8. The standard InChI is InChI=1S/C35H41N3O3S.2C2H2O4/c1-26(39)36-32-25-27(10-15-33(32)41-23-21-38-18-6-7-19-38)24-31-30-8-2-3-9-34(30)42-35(31)28-11-13-29(14-12-28)40-22-20-37-16-4-5-17-37;2*3-1(4)2(5)6/h2-3,8-15,25H,4-7,16-24H2,1H3,(H,36,39);2*(H,3,4)(H,5,6). The number of carboxylic acid groups (broad SMARTS) is 4. The molecule has 0 unspecified atom stereocenters. The summed E-state index contributed by atoms with van der Waals surface area (Å²) >= 11 is 1.83. The molecule has 4 aromatic rings. The van der Waals surface area contributed by atoms with Crippen molar-refractivity contribution in [3.05, 3.63) is 77.9 Å². The third-order valence-electron chi connectivity index (χ3n) is 8.65. The number of ether oxygens (including phenoxy) is 2. The third-order valence-corrected chi connectivity index (χ3v) is 9.92. The van der Waals surface area contributed by atoms with E-state index in [1.54, 1.807) is 6.92 Å². The number of likely N-dealkylation sites (tertiary alicyclic amines) is 2. The van der Waals surface area contributed by atoms with Crippen LogP contribution in [0.25, 0.3) is 20.5 Å². The van der Waals surface area contributed by atoms with Crippen molar-refractivity contribution in [1.29, 1.82) is 0 Å². The average Bonchev–Trinajstić information content (AvgIpc) is 3.93. The number of amides is 1. The number of nitrogens with zero attached hydrogens (tertiary/aromatic N) is 2. The predicted octanol–water partition coefficient (Wildman–Crippen LogP) is 5.38. The van der Waals surface area contributed by atoms with Gasteiger partial charge in [0.05, 0.1) is 5.69 Å². The SMILES string of the molecule is CC(=O)Nc1cc(Cc2c(-c3ccc(OCCN4CCCC4)cc3)sc3ccccc23)ccc1OCCN1CCCC1.O=C(O)C(=O)O.O=C(O)C(=O)O. The summed E-state index contributed by atoms with van der Waals surface area (Å²) in [7, 11) is 0. The maximum absolute atomic E-state index is 12.1. The topological polar surface area (TPSA) is 203 Å². The molecule has 1 amide bonds. The number of benzene rings is 3. The average molecular weight is 764 g/mol. The molecule has 0 bridgehead atoms. The lowest BCUT2D eigenvalue weighted by Gasteiger charge is -2.17. The summed E-state index contributed by atoms with van der Waals surface area (Å²) in [4.78, 5) is 54.6. The van der Waals surface area contributed by atoms with E-state index in [1.165, 1.54) is 64.9 Å². The number of hydrogen-bond acceptors (Lipinski definition) is 10. The largest absolute Gasteiger partial charge is 0.492 e. The summed E-state index contributed by atoms with van der Waals surface area (Å²) < 4.78 is 13.5. The first kappa shape index (κ1) is 41.2. The first-order valence-corrected chi connectivity index (χ1v) is 18.4. The first-order chi connectivity index (χ1) is 25.9. The second-order valence-corrected chi connectivity index (χ2v) is 13.7. The minimum Gasteiger partial charge on any atom is -0.492 e. The van der Waals surface area contributed by atoms with Crippen LogP contribution >= 0.6 is 11.3 Å². The Hall–Kier alpha value is -5.51. The van der Waals surface area contributed by atoms with Gasteiger partial charge in [-0.25, -0.2) is 19.2 Å². The van der Waals surface area contributed by atoms with Crippen molar-refractivity contribution in [2.75, 3.05) is 57.8 Å². The zero-order valence-electron chi connectivity index (χ0n) is 30.0. The summed E-state index contributed by atoms with van der Waals surface area (Å²) in [5, 5.41) is 33.8. The van der Waals surface area contributed by atoms with Gasteiger partial charge in [-0.3, -0.25) is 14.6 Å². The van der Waals surface area contributed by atoms with Crippen LogP contribution in [0.2, 0.25) is 0 Å². The van der Waals surface area contributed by atoms with Crippen molar-refractivity contribution in [3.63, 3.8) is 0 Å². The molecule has 0 aliphatic carbocycles. The molecule has 2 fully saturated rings. The van der Waals surface area contributed by atoms with E-state index in [9.17, 15) is 4.79 Å². The number of hydrogen-bond donors (Lipinski definition) is 5. The number of thiophene rings is 1. The second-order valence-electron chi connectivity index (χ2n) is 12.6. The Morgan fingerprint density at radius 1 is 0.704 bits per heavy atom. The Morgan fingerprint density at radius 2 is 1.24 bits per heavy atom. The number of fused-ring (bicyclic) bond motifs is 1. The lowest BCUT2D eigenvalue weighted by atomic mass is 9.98. The van der Waals surface area contributed by atoms with Gasteiger partial charge in [-0.1, -0.05) is 24.3 Å². The van der Waals surface area contributed by atoms with Crippen LogP contribution in [0.3, 0.4) is 0 Å². The van der Waals surface area contributed by atoms with Crippen LogP contribution in [0.15, 0.2) is 66.7 Å². The fraction of sp³-hybridized carbons (Fsp3) is 0.359. The molecule has 288 valence electrons. The van der Waals surface area contributed by atoms with Crippen LogP contribution in [0.5, 0.6) is 11.5 Å². The zero-order valence-corrected chi connectivity index (χ0v) is 30.8. The van der Waals surface area contributed by atoms with E-state index >= 15 is 0 Å². The van der Waals surface area contributed by atoms with Gasteiger partial charge < -0.3 is 35.2 Å². The van der Waals surface area contributed by atoms with Gasteiger partial charge >= 0.3 is 23.9 Å². The molecule has 0 saturated carbocycles. The monoisotopic (exact) mass is 763 g/mol. The Bertz CT molecular complexity index is 1850. The Labute approximate surface area is 316 Å². The molecule has 15 heteroatoms. The van der Waals surface area contributed by atoms with E-state index in [1.807, 2.05) is 17.4 Å². The van der Waals surface area contributed by atoms with Crippen LogP contribution < -0.4 is 14.8 Å². The van der Waals surface area contributed by atoms with Gasteiger partial charge in [0.25, 0.3) is 0 Å². The normalized spacial score (nSPS) is 13.9. The van der Waals surface area contributed by atoms with Crippen LogP contribution in [0.1, 0.15) is 43.7 Å². The fourth-order valence-corrected chi connectivity index (χ4v) is 7.33. The van der Waals surface area contributed by atoms with E-state index in [2.05, 4.69) is 75.8 Å². The Morgan fingerprint density at radius 3 is 1.78 bits per heavy atom. The summed E-state index contributed by atoms with van der Waals surface area (Å²) in [6.07, 6.45) is 5.90. The maximum Gasteiger partial charge on any atom is 0.414 e. The highest BCUT2D eigenvalue weighted by atomic mass is 32.1. The molecular formula is C39H45N3O11S.